The first-order valence-corrected chi connectivity index (χ1v) is 5.88. The van der Waals surface area contributed by atoms with E-state index in [0.29, 0.717) is 6.54 Å². The molecule has 0 fully saturated rings. The third kappa shape index (κ3) is 1.80. The predicted molar refractivity (Wildman–Crippen MR) is 68.2 cm³/mol. The molecule has 0 spiro atoms. The molecule has 1 N–H and O–H groups in total. The van der Waals surface area contributed by atoms with Gasteiger partial charge in [-0.05, 0) is 24.6 Å². The van der Waals surface area contributed by atoms with Crippen LogP contribution in [0.3, 0.4) is 0 Å². The summed E-state index contributed by atoms with van der Waals surface area (Å²) in [6.45, 7) is 2.62. The number of aliphatic hydroxyl groups excluding tert-OH is 1. The topological polar surface area (TPSA) is 51.2 Å². The van der Waals surface area contributed by atoms with Gasteiger partial charge in [-0.1, -0.05) is 17.3 Å². The predicted octanol–water partition coefficient (Wildman–Crippen LogP) is 2.48. The normalized spacial score (nSPS) is 11.2. The average molecular weight is 242 g/mol. The first-order valence-electron chi connectivity index (χ1n) is 5.88. The Balaban J connectivity index is 2.02. The van der Waals surface area contributed by atoms with E-state index in [9.17, 15) is 5.11 Å². The zero-order valence-electron chi connectivity index (χ0n) is 10.1. The standard InChI is InChI=1S/C14H14N2O2/c1-10-7-12(18-15-10)8-16-6-5-13-11(9-17)3-2-4-14(13)16/h2-7,17H,8-9H2,1H3. The average Bonchev–Trinajstić information content (AvgIpc) is 2.97. The van der Waals surface area contributed by atoms with E-state index in [1.54, 1.807) is 0 Å². The minimum atomic E-state index is 0.0583. The summed E-state index contributed by atoms with van der Waals surface area (Å²) in [4.78, 5) is 0. The molecule has 1 aromatic carbocycles. The maximum atomic E-state index is 9.30. The molecule has 92 valence electrons. The Labute approximate surface area is 104 Å². The van der Waals surface area contributed by atoms with Gasteiger partial charge in [-0.3, -0.25) is 0 Å². The van der Waals surface area contributed by atoms with Crippen molar-refractivity contribution in [2.24, 2.45) is 0 Å². The van der Waals surface area contributed by atoms with Gasteiger partial charge in [0.15, 0.2) is 5.76 Å². The lowest BCUT2D eigenvalue weighted by Crippen LogP contribution is -1.96. The maximum Gasteiger partial charge on any atom is 0.156 e. The van der Waals surface area contributed by atoms with E-state index in [4.69, 9.17) is 4.52 Å². The SMILES string of the molecule is Cc1cc(Cn2ccc3c(CO)cccc32)on1. The van der Waals surface area contributed by atoms with Crippen molar-refractivity contribution < 1.29 is 9.63 Å². The van der Waals surface area contributed by atoms with Crippen LogP contribution in [0.2, 0.25) is 0 Å². The molecule has 0 amide bonds. The smallest absolute Gasteiger partial charge is 0.156 e. The zero-order valence-corrected chi connectivity index (χ0v) is 10.1. The Morgan fingerprint density at radius 2 is 2.22 bits per heavy atom. The Hall–Kier alpha value is -2.07. The summed E-state index contributed by atoms with van der Waals surface area (Å²) in [7, 11) is 0. The Morgan fingerprint density at radius 3 is 2.94 bits per heavy atom. The maximum absolute atomic E-state index is 9.30. The summed E-state index contributed by atoms with van der Waals surface area (Å²) in [5, 5.41) is 14.3. The van der Waals surface area contributed by atoms with Crippen LogP contribution in [0.15, 0.2) is 41.1 Å². The van der Waals surface area contributed by atoms with Crippen LogP contribution in [0.25, 0.3) is 10.9 Å². The van der Waals surface area contributed by atoms with Crippen molar-refractivity contribution in [3.05, 3.63) is 53.5 Å². The Morgan fingerprint density at radius 1 is 1.33 bits per heavy atom. The molecule has 0 saturated heterocycles. The summed E-state index contributed by atoms with van der Waals surface area (Å²) in [6.07, 6.45) is 2.00. The Bertz CT molecular complexity index is 682. The zero-order chi connectivity index (χ0) is 12.5. The first-order chi connectivity index (χ1) is 8.78. The number of aryl methyl sites for hydroxylation is 1. The summed E-state index contributed by atoms with van der Waals surface area (Å²) in [6, 6.07) is 9.88. The molecule has 0 aliphatic heterocycles. The number of rotatable bonds is 3. The van der Waals surface area contributed by atoms with E-state index in [1.807, 2.05) is 43.5 Å². The second-order valence-corrected chi connectivity index (χ2v) is 4.39. The minimum absolute atomic E-state index is 0.0583. The number of benzene rings is 1. The van der Waals surface area contributed by atoms with Crippen LogP contribution in [0.4, 0.5) is 0 Å². The van der Waals surface area contributed by atoms with Crippen molar-refractivity contribution >= 4 is 10.9 Å². The third-order valence-corrected chi connectivity index (χ3v) is 3.08. The molecule has 18 heavy (non-hydrogen) atoms. The van der Waals surface area contributed by atoms with Crippen molar-refractivity contribution in [1.29, 1.82) is 0 Å². The highest BCUT2D eigenvalue weighted by atomic mass is 16.5. The van der Waals surface area contributed by atoms with E-state index >= 15 is 0 Å². The van der Waals surface area contributed by atoms with Gasteiger partial charge in [0.2, 0.25) is 0 Å². The third-order valence-electron chi connectivity index (χ3n) is 3.08. The number of aromatic nitrogens is 2. The molecule has 0 bridgehead atoms. The van der Waals surface area contributed by atoms with Crippen molar-refractivity contribution in [3.63, 3.8) is 0 Å². The minimum Gasteiger partial charge on any atom is -0.392 e. The lowest BCUT2D eigenvalue weighted by atomic mass is 10.1. The fourth-order valence-corrected chi connectivity index (χ4v) is 2.22. The van der Waals surface area contributed by atoms with Crippen LogP contribution in [-0.2, 0) is 13.2 Å². The van der Waals surface area contributed by atoms with Crippen molar-refractivity contribution in [3.8, 4) is 0 Å². The molecule has 0 radical (unpaired) electrons. The van der Waals surface area contributed by atoms with Gasteiger partial charge >= 0.3 is 0 Å². The summed E-state index contributed by atoms with van der Waals surface area (Å²) in [5.74, 6) is 0.833. The van der Waals surface area contributed by atoms with Crippen LogP contribution < -0.4 is 0 Å². The molecule has 4 nitrogen and oxygen atoms in total. The lowest BCUT2D eigenvalue weighted by Gasteiger charge is -2.03. The lowest BCUT2D eigenvalue weighted by molar-refractivity contribution is 0.283. The second kappa shape index (κ2) is 4.31. The van der Waals surface area contributed by atoms with Crippen LogP contribution in [0.1, 0.15) is 17.0 Å². The second-order valence-electron chi connectivity index (χ2n) is 4.39. The van der Waals surface area contributed by atoms with Crippen LogP contribution in [-0.4, -0.2) is 14.8 Å². The summed E-state index contributed by atoms with van der Waals surface area (Å²) >= 11 is 0. The molecule has 4 heteroatoms. The first kappa shape index (κ1) is 11.0. The number of nitrogens with zero attached hydrogens (tertiary/aromatic N) is 2. The fraction of sp³-hybridized carbons (Fsp3) is 0.214. The monoisotopic (exact) mass is 242 g/mol. The molecule has 0 aliphatic carbocycles. The number of hydrogen-bond acceptors (Lipinski definition) is 3. The highest BCUT2D eigenvalue weighted by Crippen LogP contribution is 2.21. The molecular formula is C14H14N2O2. The highest BCUT2D eigenvalue weighted by molar-refractivity contribution is 5.83. The van der Waals surface area contributed by atoms with Crippen LogP contribution in [0, 0.1) is 6.92 Å². The molecule has 2 heterocycles. The molecule has 2 aromatic heterocycles. The van der Waals surface area contributed by atoms with Gasteiger partial charge in [0.25, 0.3) is 0 Å². The Kier molecular flexibility index (Phi) is 2.64. The number of aliphatic hydroxyl groups is 1. The number of fused-ring (bicyclic) bond motifs is 1. The summed E-state index contributed by atoms with van der Waals surface area (Å²) < 4.78 is 7.31. The quantitative estimate of drug-likeness (QED) is 0.767. The molecule has 3 rings (SSSR count). The van der Waals surface area contributed by atoms with Gasteiger partial charge in [0.1, 0.15) is 0 Å². The van der Waals surface area contributed by atoms with Gasteiger partial charge in [-0.25, -0.2) is 0 Å². The van der Waals surface area contributed by atoms with Gasteiger partial charge in [0.05, 0.1) is 18.8 Å². The van der Waals surface area contributed by atoms with E-state index in [2.05, 4.69) is 9.72 Å². The van der Waals surface area contributed by atoms with E-state index in [-0.39, 0.29) is 6.61 Å². The molecule has 3 aromatic rings. The van der Waals surface area contributed by atoms with Crippen molar-refractivity contribution in [2.45, 2.75) is 20.1 Å². The molecule has 0 aliphatic rings. The fourth-order valence-electron chi connectivity index (χ4n) is 2.22. The van der Waals surface area contributed by atoms with Gasteiger partial charge in [-0.2, -0.15) is 0 Å². The molecule has 0 atom stereocenters. The van der Waals surface area contributed by atoms with Gasteiger partial charge in [0, 0.05) is 23.2 Å². The largest absolute Gasteiger partial charge is 0.392 e. The van der Waals surface area contributed by atoms with Gasteiger partial charge in [-0.15, -0.1) is 0 Å². The van der Waals surface area contributed by atoms with E-state index in [0.717, 1.165) is 27.9 Å². The van der Waals surface area contributed by atoms with Crippen molar-refractivity contribution in [1.82, 2.24) is 9.72 Å². The van der Waals surface area contributed by atoms with Crippen LogP contribution >= 0.6 is 0 Å². The molecule has 0 unspecified atom stereocenters. The van der Waals surface area contributed by atoms with E-state index in [1.165, 1.54) is 0 Å². The summed E-state index contributed by atoms with van der Waals surface area (Å²) in [5.41, 5.74) is 2.92. The highest BCUT2D eigenvalue weighted by Gasteiger charge is 2.07. The molecular weight excluding hydrogens is 228 g/mol. The van der Waals surface area contributed by atoms with Gasteiger partial charge < -0.3 is 14.2 Å². The van der Waals surface area contributed by atoms with Crippen molar-refractivity contribution in [2.75, 3.05) is 0 Å². The van der Waals surface area contributed by atoms with E-state index < -0.39 is 0 Å². The number of hydrogen-bond donors (Lipinski definition) is 1. The van der Waals surface area contributed by atoms with Crippen LogP contribution in [0.5, 0.6) is 0 Å². The molecule has 0 saturated carbocycles.